The van der Waals surface area contributed by atoms with Gasteiger partial charge < -0.3 is 36.4 Å². The van der Waals surface area contributed by atoms with E-state index in [2.05, 4.69) is 0 Å². The first-order valence-corrected chi connectivity index (χ1v) is 5.91. The molecule has 0 aliphatic heterocycles. The van der Waals surface area contributed by atoms with Crippen molar-refractivity contribution in [1.82, 2.24) is 0 Å². The molecule has 140 valence electrons. The third-order valence-electron chi connectivity index (χ3n) is 2.27. The number of carbonyl (C=O) groups is 5. The van der Waals surface area contributed by atoms with Crippen molar-refractivity contribution in [1.29, 1.82) is 0 Å². The van der Waals surface area contributed by atoms with Crippen LogP contribution in [-0.2, 0) is 24.0 Å². The number of nitrogens with two attached hydrogens (primary N) is 1. The van der Waals surface area contributed by atoms with Crippen LogP contribution in [-0.4, -0.2) is 72.1 Å². The lowest BCUT2D eigenvalue weighted by Crippen LogP contribution is -2.42. The second-order valence-corrected chi connectivity index (χ2v) is 4.35. The summed E-state index contributed by atoms with van der Waals surface area (Å²) in [5.74, 6) is -7.22. The molecule has 0 aliphatic rings. The summed E-state index contributed by atoms with van der Waals surface area (Å²) >= 11 is 0. The van der Waals surface area contributed by atoms with Gasteiger partial charge in [-0.1, -0.05) is 0 Å². The molecule has 0 aliphatic carbocycles. The molecule has 1 unspecified atom stereocenters. The number of carboxylic acid groups (broad SMARTS) is 5. The van der Waals surface area contributed by atoms with E-state index in [-0.39, 0.29) is 25.2 Å². The summed E-state index contributed by atoms with van der Waals surface area (Å²) < 4.78 is 0. The van der Waals surface area contributed by atoms with E-state index >= 15 is 0 Å². The molecule has 8 N–H and O–H groups in total. The van der Waals surface area contributed by atoms with Crippen LogP contribution in [0.2, 0.25) is 0 Å². The van der Waals surface area contributed by atoms with Crippen LogP contribution in [0.25, 0.3) is 0 Å². The summed E-state index contributed by atoms with van der Waals surface area (Å²) in [5.41, 5.74) is 2.26. The van der Waals surface area contributed by atoms with Gasteiger partial charge in [0.05, 0.1) is 12.8 Å². The number of hydrogen-bond donors (Lipinski definition) is 7. The van der Waals surface area contributed by atoms with Crippen molar-refractivity contribution in [3.8, 4) is 0 Å². The van der Waals surface area contributed by atoms with E-state index in [4.69, 9.17) is 36.4 Å². The third kappa shape index (κ3) is 13.2. The fourth-order valence-corrected chi connectivity index (χ4v) is 1.12. The number of halogens is 1. The van der Waals surface area contributed by atoms with Crippen molar-refractivity contribution >= 4 is 42.3 Å². The highest BCUT2D eigenvalue weighted by molar-refractivity contribution is 5.88. The van der Waals surface area contributed by atoms with E-state index in [0.29, 0.717) is 0 Å². The Bertz CT molecular complexity index is 463. The average Bonchev–Trinajstić information content (AvgIpc) is 2.34. The Morgan fingerprint density at radius 3 is 1.42 bits per heavy atom. The van der Waals surface area contributed by atoms with Crippen molar-refractivity contribution in [2.75, 3.05) is 0 Å². The van der Waals surface area contributed by atoms with Gasteiger partial charge in [-0.15, -0.1) is 12.4 Å². The normalized spacial score (nSPS) is 11.1. The minimum Gasteiger partial charge on any atom is -0.481 e. The van der Waals surface area contributed by atoms with Gasteiger partial charge in [0.25, 0.3) is 0 Å². The van der Waals surface area contributed by atoms with Crippen LogP contribution in [0.4, 0.5) is 0 Å². The van der Waals surface area contributed by atoms with Gasteiger partial charge in [0.2, 0.25) is 0 Å². The van der Waals surface area contributed by atoms with Gasteiger partial charge in [0, 0.05) is 6.42 Å². The zero-order valence-electron chi connectivity index (χ0n) is 12.1. The molecule has 0 heterocycles. The zero-order valence-corrected chi connectivity index (χ0v) is 12.9. The standard InChI is InChI=1S/C6H8O7.C5H9NO4.ClH/c7-3(8)1-6(13,5(11)12)2-4(9)10;6-3(5(9)10)1-2-4(7)8;/h13H,1-2H2,(H,7,8)(H,9,10)(H,11,12);3H,1-2,6H2,(H,7,8)(H,9,10);1H. The highest BCUT2D eigenvalue weighted by Gasteiger charge is 2.40. The maximum absolute atomic E-state index is 10.3. The number of aliphatic hydroxyl groups is 1. The third-order valence-corrected chi connectivity index (χ3v) is 2.27. The predicted molar refractivity (Wildman–Crippen MR) is 76.8 cm³/mol. The van der Waals surface area contributed by atoms with E-state index < -0.39 is 54.3 Å². The van der Waals surface area contributed by atoms with Crippen molar-refractivity contribution in [2.24, 2.45) is 5.73 Å². The van der Waals surface area contributed by atoms with Gasteiger partial charge in [-0.05, 0) is 6.42 Å². The Labute approximate surface area is 140 Å². The Morgan fingerprint density at radius 2 is 1.21 bits per heavy atom. The summed E-state index contributed by atoms with van der Waals surface area (Å²) in [6.45, 7) is 0. The molecule has 24 heavy (non-hydrogen) atoms. The molecular weight excluding hydrogens is 358 g/mol. The van der Waals surface area contributed by atoms with Gasteiger partial charge >= 0.3 is 29.8 Å². The lowest BCUT2D eigenvalue weighted by Gasteiger charge is -2.18. The maximum Gasteiger partial charge on any atom is 0.336 e. The van der Waals surface area contributed by atoms with Gasteiger partial charge in [-0.3, -0.25) is 19.2 Å². The molecule has 0 saturated heterocycles. The number of hydrogen-bond acceptors (Lipinski definition) is 7. The van der Waals surface area contributed by atoms with Crippen LogP contribution in [0.5, 0.6) is 0 Å². The fourth-order valence-electron chi connectivity index (χ4n) is 1.12. The topological polar surface area (TPSA) is 233 Å². The van der Waals surface area contributed by atoms with Crippen LogP contribution in [0.1, 0.15) is 25.7 Å². The molecule has 0 radical (unpaired) electrons. The van der Waals surface area contributed by atoms with Crippen molar-refractivity contribution in [3.05, 3.63) is 0 Å². The minimum absolute atomic E-state index is 0. The SMILES string of the molecule is Cl.NC(CCC(=O)O)C(=O)O.O=C(O)CC(O)(CC(=O)O)C(=O)O. The molecule has 0 saturated carbocycles. The highest BCUT2D eigenvalue weighted by atomic mass is 35.5. The Balaban J connectivity index is -0.000000364. The van der Waals surface area contributed by atoms with Crippen LogP contribution >= 0.6 is 12.4 Å². The Kier molecular flexibility index (Phi) is 13.3. The average molecular weight is 376 g/mol. The lowest BCUT2D eigenvalue weighted by atomic mass is 9.96. The van der Waals surface area contributed by atoms with Crippen LogP contribution in [0, 0.1) is 0 Å². The van der Waals surface area contributed by atoms with Crippen molar-refractivity contribution in [2.45, 2.75) is 37.3 Å². The first-order valence-electron chi connectivity index (χ1n) is 5.91. The molecule has 0 aromatic heterocycles. The summed E-state index contributed by atoms with van der Waals surface area (Å²) in [6, 6.07) is -1.06. The summed E-state index contributed by atoms with van der Waals surface area (Å²) in [7, 11) is 0. The monoisotopic (exact) mass is 375 g/mol. The van der Waals surface area contributed by atoms with E-state index in [1.165, 1.54) is 0 Å². The van der Waals surface area contributed by atoms with Crippen LogP contribution < -0.4 is 5.73 Å². The first kappa shape index (κ1) is 26.5. The van der Waals surface area contributed by atoms with Gasteiger partial charge in [0.1, 0.15) is 6.04 Å². The van der Waals surface area contributed by atoms with Crippen LogP contribution in [0.15, 0.2) is 0 Å². The Hall–Kier alpha value is -2.44. The van der Waals surface area contributed by atoms with Gasteiger partial charge in [-0.2, -0.15) is 0 Å². The molecule has 0 rings (SSSR count). The molecule has 0 bridgehead atoms. The fraction of sp³-hybridized carbons (Fsp3) is 0.545. The molecular formula is C11H18ClNO11. The largest absolute Gasteiger partial charge is 0.481 e. The van der Waals surface area contributed by atoms with E-state index in [1.807, 2.05) is 0 Å². The number of carboxylic acids is 5. The van der Waals surface area contributed by atoms with Gasteiger partial charge in [0.15, 0.2) is 5.60 Å². The zero-order chi connectivity index (χ0) is 18.8. The van der Waals surface area contributed by atoms with E-state index in [0.717, 1.165) is 0 Å². The quantitative estimate of drug-likeness (QED) is 0.242. The van der Waals surface area contributed by atoms with Crippen molar-refractivity contribution in [3.63, 3.8) is 0 Å². The second kappa shape index (κ2) is 12.0. The molecule has 0 amide bonds. The van der Waals surface area contributed by atoms with Gasteiger partial charge in [-0.25, -0.2) is 4.79 Å². The molecule has 0 aromatic carbocycles. The second-order valence-electron chi connectivity index (χ2n) is 4.35. The highest BCUT2D eigenvalue weighted by Crippen LogP contribution is 2.15. The minimum atomic E-state index is -2.74. The summed E-state index contributed by atoms with van der Waals surface area (Å²) in [5, 5.41) is 50.1. The Morgan fingerprint density at radius 1 is 0.833 bits per heavy atom. The molecule has 0 aromatic rings. The smallest absolute Gasteiger partial charge is 0.336 e. The molecule has 1 atom stereocenters. The lowest BCUT2D eigenvalue weighted by molar-refractivity contribution is -0.170. The number of rotatable bonds is 9. The molecule has 0 fully saturated rings. The molecule has 12 nitrogen and oxygen atoms in total. The maximum atomic E-state index is 10.3. The van der Waals surface area contributed by atoms with E-state index in [1.54, 1.807) is 0 Å². The summed E-state index contributed by atoms with van der Waals surface area (Å²) in [4.78, 5) is 50.4. The van der Waals surface area contributed by atoms with Crippen molar-refractivity contribution < 1.29 is 54.6 Å². The van der Waals surface area contributed by atoms with Crippen LogP contribution in [0.3, 0.4) is 0 Å². The molecule has 13 heteroatoms. The number of aliphatic carboxylic acids is 5. The predicted octanol–water partition coefficient (Wildman–Crippen LogP) is -1.56. The first-order chi connectivity index (χ1) is 10.3. The molecule has 0 spiro atoms. The van der Waals surface area contributed by atoms with E-state index in [9.17, 15) is 24.0 Å². The summed E-state index contributed by atoms with van der Waals surface area (Å²) in [6.07, 6.45) is -2.51.